The van der Waals surface area contributed by atoms with Crippen LogP contribution in [0.4, 0.5) is 0 Å². The summed E-state index contributed by atoms with van der Waals surface area (Å²) in [4.78, 5) is 23.6. The van der Waals surface area contributed by atoms with Crippen molar-refractivity contribution in [1.29, 1.82) is 0 Å². The number of rotatable bonds is 3. The van der Waals surface area contributed by atoms with Crippen LogP contribution in [-0.4, -0.2) is 35.7 Å². The molecule has 1 amide bonds. The van der Waals surface area contributed by atoms with Crippen molar-refractivity contribution in [2.24, 2.45) is 0 Å². The van der Waals surface area contributed by atoms with Crippen molar-refractivity contribution in [2.75, 3.05) is 13.2 Å². The quantitative estimate of drug-likeness (QED) is 0.894. The van der Waals surface area contributed by atoms with Gasteiger partial charge >= 0.3 is 5.97 Å². The van der Waals surface area contributed by atoms with Crippen LogP contribution in [0.1, 0.15) is 27.9 Å². The van der Waals surface area contributed by atoms with E-state index in [4.69, 9.17) is 16.3 Å². The van der Waals surface area contributed by atoms with Crippen molar-refractivity contribution in [1.82, 2.24) is 5.32 Å². The molecule has 0 saturated carbocycles. The highest BCUT2D eigenvalue weighted by molar-refractivity contribution is 6.34. The monoisotopic (exact) mass is 297 g/mol. The van der Waals surface area contributed by atoms with Gasteiger partial charge in [0.05, 0.1) is 17.2 Å². The summed E-state index contributed by atoms with van der Waals surface area (Å²) in [6.45, 7) is 4.05. The molecular formula is C14H16ClNO4. The van der Waals surface area contributed by atoms with E-state index in [1.54, 1.807) is 12.1 Å². The SMILES string of the molecule is Cc1cc(Cl)c(C(=O)NC2(C(=O)O)CCOC2)cc1C. The van der Waals surface area contributed by atoms with Gasteiger partial charge in [-0.2, -0.15) is 0 Å². The number of aryl methyl sites for hydroxylation is 2. The molecule has 2 rings (SSSR count). The number of halogens is 1. The molecule has 1 unspecified atom stereocenters. The molecule has 1 aromatic carbocycles. The molecule has 1 fully saturated rings. The van der Waals surface area contributed by atoms with Gasteiger partial charge in [-0.05, 0) is 37.1 Å². The standard InChI is InChI=1S/C14H16ClNO4/c1-8-5-10(11(15)6-9(8)2)12(17)16-14(13(18)19)3-4-20-7-14/h5-6H,3-4,7H2,1-2H3,(H,16,17)(H,18,19). The number of aliphatic carboxylic acids is 1. The van der Waals surface area contributed by atoms with Gasteiger partial charge in [-0.1, -0.05) is 11.6 Å². The highest BCUT2D eigenvalue weighted by Gasteiger charge is 2.44. The molecule has 0 aromatic heterocycles. The largest absolute Gasteiger partial charge is 0.479 e. The fourth-order valence-electron chi connectivity index (χ4n) is 2.13. The molecule has 1 saturated heterocycles. The van der Waals surface area contributed by atoms with Crippen LogP contribution < -0.4 is 5.32 Å². The van der Waals surface area contributed by atoms with Gasteiger partial charge in [-0.15, -0.1) is 0 Å². The van der Waals surface area contributed by atoms with Crippen molar-refractivity contribution < 1.29 is 19.4 Å². The number of amides is 1. The topological polar surface area (TPSA) is 75.6 Å². The Morgan fingerprint density at radius 1 is 1.35 bits per heavy atom. The van der Waals surface area contributed by atoms with Gasteiger partial charge in [-0.25, -0.2) is 4.79 Å². The third-order valence-electron chi connectivity index (χ3n) is 3.61. The molecule has 108 valence electrons. The lowest BCUT2D eigenvalue weighted by Crippen LogP contribution is -2.55. The smallest absolute Gasteiger partial charge is 0.331 e. The van der Waals surface area contributed by atoms with E-state index in [0.717, 1.165) is 11.1 Å². The zero-order valence-corrected chi connectivity index (χ0v) is 12.1. The highest BCUT2D eigenvalue weighted by Crippen LogP contribution is 2.24. The van der Waals surface area contributed by atoms with Crippen LogP contribution in [0.3, 0.4) is 0 Å². The van der Waals surface area contributed by atoms with Gasteiger partial charge in [0.1, 0.15) is 0 Å². The first kappa shape index (κ1) is 14.8. The second kappa shape index (κ2) is 5.42. The summed E-state index contributed by atoms with van der Waals surface area (Å²) in [5.74, 6) is -1.59. The van der Waals surface area contributed by atoms with E-state index >= 15 is 0 Å². The van der Waals surface area contributed by atoms with Crippen molar-refractivity contribution in [3.63, 3.8) is 0 Å². The predicted octanol–water partition coefficient (Wildman–Crippen LogP) is 1.93. The van der Waals surface area contributed by atoms with Crippen LogP contribution in [0, 0.1) is 13.8 Å². The first-order valence-electron chi connectivity index (χ1n) is 6.26. The Kier molecular flexibility index (Phi) is 4.01. The molecule has 0 spiro atoms. The minimum atomic E-state index is -1.36. The Morgan fingerprint density at radius 3 is 2.55 bits per heavy atom. The number of carbonyl (C=O) groups excluding carboxylic acids is 1. The maximum Gasteiger partial charge on any atom is 0.331 e. The van der Waals surface area contributed by atoms with E-state index in [9.17, 15) is 14.7 Å². The van der Waals surface area contributed by atoms with Gasteiger partial charge < -0.3 is 15.2 Å². The van der Waals surface area contributed by atoms with E-state index in [0.29, 0.717) is 11.6 Å². The van der Waals surface area contributed by atoms with Crippen molar-refractivity contribution in [3.8, 4) is 0 Å². The Hall–Kier alpha value is -1.59. The van der Waals surface area contributed by atoms with Gasteiger partial charge in [0, 0.05) is 13.0 Å². The summed E-state index contributed by atoms with van der Waals surface area (Å²) in [6, 6.07) is 3.36. The van der Waals surface area contributed by atoms with E-state index in [-0.39, 0.29) is 18.6 Å². The van der Waals surface area contributed by atoms with Crippen LogP contribution in [-0.2, 0) is 9.53 Å². The maximum absolute atomic E-state index is 12.3. The van der Waals surface area contributed by atoms with Crippen molar-refractivity contribution in [2.45, 2.75) is 25.8 Å². The second-order valence-corrected chi connectivity index (χ2v) is 5.47. The predicted molar refractivity (Wildman–Crippen MR) is 74.2 cm³/mol. The molecule has 1 atom stereocenters. The minimum absolute atomic E-state index is 0.0312. The molecule has 1 heterocycles. The number of carboxylic acid groups (broad SMARTS) is 1. The molecule has 1 aromatic rings. The van der Waals surface area contributed by atoms with E-state index in [2.05, 4.69) is 5.32 Å². The third kappa shape index (κ3) is 2.64. The lowest BCUT2D eigenvalue weighted by molar-refractivity contribution is -0.144. The van der Waals surface area contributed by atoms with Crippen molar-refractivity contribution >= 4 is 23.5 Å². The Labute approximate surface area is 121 Å². The van der Waals surface area contributed by atoms with E-state index in [1.165, 1.54) is 0 Å². The van der Waals surface area contributed by atoms with Gasteiger partial charge in [-0.3, -0.25) is 4.79 Å². The average Bonchev–Trinajstić information content (AvgIpc) is 2.83. The minimum Gasteiger partial charge on any atom is -0.479 e. The normalized spacial score (nSPS) is 21.8. The molecule has 0 bridgehead atoms. The number of hydrogen-bond donors (Lipinski definition) is 2. The van der Waals surface area contributed by atoms with Crippen LogP contribution >= 0.6 is 11.6 Å². The van der Waals surface area contributed by atoms with Crippen molar-refractivity contribution in [3.05, 3.63) is 33.8 Å². The number of nitrogens with one attached hydrogen (secondary N) is 1. The van der Waals surface area contributed by atoms with Gasteiger partial charge in [0.2, 0.25) is 0 Å². The Balaban J connectivity index is 2.28. The maximum atomic E-state index is 12.3. The zero-order valence-electron chi connectivity index (χ0n) is 11.3. The Bertz CT molecular complexity index is 565. The average molecular weight is 298 g/mol. The second-order valence-electron chi connectivity index (χ2n) is 5.06. The zero-order chi connectivity index (χ0) is 14.9. The summed E-state index contributed by atoms with van der Waals surface area (Å²) in [6.07, 6.45) is 0.247. The van der Waals surface area contributed by atoms with Gasteiger partial charge in [0.15, 0.2) is 5.54 Å². The first-order valence-corrected chi connectivity index (χ1v) is 6.64. The summed E-state index contributed by atoms with van der Waals surface area (Å²) >= 11 is 6.07. The fourth-order valence-corrected chi connectivity index (χ4v) is 2.43. The number of carboxylic acids is 1. The molecule has 1 aliphatic heterocycles. The molecule has 0 radical (unpaired) electrons. The van der Waals surface area contributed by atoms with Crippen LogP contribution in [0.15, 0.2) is 12.1 Å². The number of ether oxygens (including phenoxy) is 1. The lowest BCUT2D eigenvalue weighted by Gasteiger charge is -2.24. The van der Waals surface area contributed by atoms with E-state index in [1.807, 2.05) is 13.8 Å². The number of carbonyl (C=O) groups is 2. The number of benzene rings is 1. The number of hydrogen-bond acceptors (Lipinski definition) is 3. The van der Waals surface area contributed by atoms with Crippen LogP contribution in [0.25, 0.3) is 0 Å². The highest BCUT2D eigenvalue weighted by atomic mass is 35.5. The van der Waals surface area contributed by atoms with Gasteiger partial charge in [0.25, 0.3) is 5.91 Å². The molecule has 0 aliphatic carbocycles. The lowest BCUT2D eigenvalue weighted by atomic mass is 9.97. The molecular weight excluding hydrogens is 282 g/mol. The summed E-state index contributed by atoms with van der Waals surface area (Å²) < 4.78 is 5.10. The Morgan fingerprint density at radius 2 is 2.00 bits per heavy atom. The molecule has 20 heavy (non-hydrogen) atoms. The molecule has 6 heteroatoms. The summed E-state index contributed by atoms with van der Waals surface area (Å²) in [7, 11) is 0. The molecule has 1 aliphatic rings. The first-order chi connectivity index (χ1) is 9.35. The third-order valence-corrected chi connectivity index (χ3v) is 3.92. The van der Waals surface area contributed by atoms with Crippen LogP contribution in [0.2, 0.25) is 5.02 Å². The summed E-state index contributed by atoms with van der Waals surface area (Å²) in [5, 5.41) is 12.2. The summed E-state index contributed by atoms with van der Waals surface area (Å²) in [5.41, 5.74) is 0.816. The molecule has 5 nitrogen and oxygen atoms in total. The fraction of sp³-hybridized carbons (Fsp3) is 0.429. The van der Waals surface area contributed by atoms with Crippen LogP contribution in [0.5, 0.6) is 0 Å². The molecule has 2 N–H and O–H groups in total. The van der Waals surface area contributed by atoms with E-state index < -0.39 is 17.4 Å².